The first kappa shape index (κ1) is 21.5. The van der Waals surface area contributed by atoms with E-state index in [0.29, 0.717) is 49.3 Å². The van der Waals surface area contributed by atoms with Crippen LogP contribution in [0, 0.1) is 13.8 Å². The first-order valence-electron chi connectivity index (χ1n) is 9.72. The number of benzene rings is 1. The summed E-state index contributed by atoms with van der Waals surface area (Å²) in [5.74, 6) is 0.157. The van der Waals surface area contributed by atoms with E-state index in [9.17, 15) is 13.2 Å². The van der Waals surface area contributed by atoms with Crippen LogP contribution in [0.15, 0.2) is 29.2 Å². The minimum absolute atomic E-state index is 0.0583. The van der Waals surface area contributed by atoms with Crippen LogP contribution < -0.4 is 5.32 Å². The first-order chi connectivity index (χ1) is 13.7. The van der Waals surface area contributed by atoms with Gasteiger partial charge in [-0.15, -0.1) is 0 Å². The molecule has 29 heavy (non-hydrogen) atoms. The molecule has 8 nitrogen and oxygen atoms in total. The number of rotatable bonds is 6. The largest absolute Gasteiger partial charge is 0.379 e. The van der Waals surface area contributed by atoms with E-state index in [2.05, 4.69) is 24.3 Å². The molecule has 0 saturated carbocycles. The predicted octanol–water partition coefficient (Wildman–Crippen LogP) is 2.28. The molecule has 1 N–H and O–H groups in total. The number of hydrogen-bond acceptors (Lipinski definition) is 5. The number of nitrogens with zero attached hydrogens (tertiary/aromatic N) is 3. The summed E-state index contributed by atoms with van der Waals surface area (Å²) >= 11 is 0. The van der Waals surface area contributed by atoms with Crippen LogP contribution in [0.1, 0.15) is 36.7 Å². The molecule has 158 valence electrons. The van der Waals surface area contributed by atoms with Crippen LogP contribution in [-0.2, 0) is 26.1 Å². The van der Waals surface area contributed by atoms with Crippen molar-refractivity contribution in [1.29, 1.82) is 0 Å². The van der Waals surface area contributed by atoms with Gasteiger partial charge in [-0.05, 0) is 37.5 Å². The van der Waals surface area contributed by atoms with Gasteiger partial charge in [0.15, 0.2) is 0 Å². The number of carbonyl (C=O) groups excluding carboxylic acids is 1. The van der Waals surface area contributed by atoms with Crippen molar-refractivity contribution >= 4 is 21.6 Å². The Balaban J connectivity index is 1.75. The van der Waals surface area contributed by atoms with Gasteiger partial charge in [-0.3, -0.25) is 9.48 Å². The topological polar surface area (TPSA) is 93.5 Å². The molecule has 9 heteroatoms. The van der Waals surface area contributed by atoms with Crippen molar-refractivity contribution in [2.45, 2.75) is 45.1 Å². The number of ether oxygens (including phenoxy) is 1. The second-order valence-electron chi connectivity index (χ2n) is 7.50. The lowest BCUT2D eigenvalue weighted by Crippen LogP contribution is -2.41. The Bertz CT molecular complexity index is 975. The van der Waals surface area contributed by atoms with E-state index in [-0.39, 0.29) is 17.3 Å². The fraction of sp³-hybridized carbons (Fsp3) is 0.500. The molecule has 1 aliphatic rings. The van der Waals surface area contributed by atoms with Crippen molar-refractivity contribution in [2.24, 2.45) is 0 Å². The van der Waals surface area contributed by atoms with E-state index in [0.717, 1.165) is 0 Å². The Morgan fingerprint density at radius 1 is 1.17 bits per heavy atom. The summed E-state index contributed by atoms with van der Waals surface area (Å²) in [4.78, 5) is 12.7. The van der Waals surface area contributed by atoms with Crippen LogP contribution in [0.4, 0.5) is 5.69 Å². The van der Waals surface area contributed by atoms with E-state index < -0.39 is 10.0 Å². The molecule has 0 spiro atoms. The van der Waals surface area contributed by atoms with Gasteiger partial charge in [-0.1, -0.05) is 26.0 Å². The number of amides is 1. The zero-order valence-corrected chi connectivity index (χ0v) is 18.1. The fourth-order valence-corrected chi connectivity index (χ4v) is 5.19. The molecule has 1 amide bonds. The number of sulfonamides is 1. The van der Waals surface area contributed by atoms with Crippen LogP contribution in [-0.4, -0.2) is 54.7 Å². The number of aromatic nitrogens is 2. The van der Waals surface area contributed by atoms with E-state index in [1.165, 1.54) is 14.6 Å². The van der Waals surface area contributed by atoms with Gasteiger partial charge in [0.1, 0.15) is 11.4 Å². The average Bonchev–Trinajstić information content (AvgIpc) is 2.96. The Morgan fingerprint density at radius 3 is 2.38 bits per heavy atom. The van der Waals surface area contributed by atoms with Crippen molar-refractivity contribution < 1.29 is 17.9 Å². The van der Waals surface area contributed by atoms with Crippen LogP contribution in [0.2, 0.25) is 0 Å². The molecule has 0 atom stereocenters. The van der Waals surface area contributed by atoms with Gasteiger partial charge >= 0.3 is 0 Å². The Labute approximate surface area is 171 Å². The summed E-state index contributed by atoms with van der Waals surface area (Å²) in [7, 11) is -3.67. The minimum Gasteiger partial charge on any atom is -0.379 e. The number of morpholine rings is 1. The van der Waals surface area contributed by atoms with Gasteiger partial charge < -0.3 is 10.1 Å². The summed E-state index contributed by atoms with van der Waals surface area (Å²) in [5, 5.41) is 7.15. The molecular formula is C20H28N4O4S. The molecule has 2 heterocycles. The Kier molecular flexibility index (Phi) is 6.40. The molecule has 1 saturated heterocycles. The molecule has 0 aliphatic carbocycles. The molecule has 0 bridgehead atoms. The standard InChI is InChI=1S/C20H28N4O4S/c1-14(2)17-5-7-18(8-6-17)21-19(25)13-24-16(4)20(15(3)22-24)29(26,27)23-9-11-28-12-10-23/h5-8,14H,9-13H2,1-4H3,(H,21,25). The quantitative estimate of drug-likeness (QED) is 0.774. The molecule has 1 fully saturated rings. The SMILES string of the molecule is Cc1nn(CC(=O)Nc2ccc(C(C)C)cc2)c(C)c1S(=O)(=O)N1CCOCC1. The Morgan fingerprint density at radius 2 is 1.79 bits per heavy atom. The predicted molar refractivity (Wildman–Crippen MR) is 110 cm³/mol. The molecule has 0 unspecified atom stereocenters. The van der Waals surface area contributed by atoms with Crippen molar-refractivity contribution in [3.8, 4) is 0 Å². The van der Waals surface area contributed by atoms with Crippen molar-refractivity contribution in [1.82, 2.24) is 14.1 Å². The molecule has 1 aromatic carbocycles. The first-order valence-corrected chi connectivity index (χ1v) is 11.2. The summed E-state index contributed by atoms with van der Waals surface area (Å²) in [6.07, 6.45) is 0. The van der Waals surface area contributed by atoms with E-state index in [4.69, 9.17) is 4.74 Å². The zero-order chi connectivity index (χ0) is 21.2. The van der Waals surface area contributed by atoms with Gasteiger partial charge in [0, 0.05) is 18.8 Å². The molecule has 1 aromatic heterocycles. The summed E-state index contributed by atoms with van der Waals surface area (Å²) in [6, 6.07) is 7.69. The van der Waals surface area contributed by atoms with Crippen LogP contribution in [0.25, 0.3) is 0 Å². The van der Waals surface area contributed by atoms with Gasteiger partial charge in [-0.25, -0.2) is 8.42 Å². The molecule has 2 aromatic rings. The van der Waals surface area contributed by atoms with Crippen molar-refractivity contribution in [3.63, 3.8) is 0 Å². The zero-order valence-electron chi connectivity index (χ0n) is 17.3. The highest BCUT2D eigenvalue weighted by molar-refractivity contribution is 7.89. The number of nitrogens with one attached hydrogen (secondary N) is 1. The summed E-state index contributed by atoms with van der Waals surface area (Å²) in [5.41, 5.74) is 2.74. The third kappa shape index (κ3) is 4.68. The van der Waals surface area contributed by atoms with E-state index in [1.807, 2.05) is 24.3 Å². The maximum atomic E-state index is 13.0. The minimum atomic E-state index is -3.67. The Hall–Kier alpha value is -2.23. The second kappa shape index (κ2) is 8.64. The smallest absolute Gasteiger partial charge is 0.246 e. The number of aryl methyl sites for hydroxylation is 1. The van der Waals surface area contributed by atoms with Crippen LogP contribution in [0.5, 0.6) is 0 Å². The van der Waals surface area contributed by atoms with E-state index >= 15 is 0 Å². The van der Waals surface area contributed by atoms with E-state index in [1.54, 1.807) is 13.8 Å². The van der Waals surface area contributed by atoms with Gasteiger partial charge in [0.2, 0.25) is 15.9 Å². The number of anilines is 1. The monoisotopic (exact) mass is 420 g/mol. The second-order valence-corrected chi connectivity index (χ2v) is 9.37. The van der Waals surface area contributed by atoms with Crippen molar-refractivity contribution in [2.75, 3.05) is 31.6 Å². The summed E-state index contributed by atoms with van der Waals surface area (Å²) in [6.45, 7) is 8.89. The lowest BCUT2D eigenvalue weighted by atomic mass is 10.0. The molecule has 1 aliphatic heterocycles. The third-order valence-electron chi connectivity index (χ3n) is 5.04. The summed E-state index contributed by atoms with van der Waals surface area (Å²) < 4.78 is 34.1. The van der Waals surface area contributed by atoms with Gasteiger partial charge in [-0.2, -0.15) is 9.40 Å². The lowest BCUT2D eigenvalue weighted by Gasteiger charge is -2.26. The van der Waals surface area contributed by atoms with Crippen LogP contribution in [0.3, 0.4) is 0 Å². The highest BCUT2D eigenvalue weighted by Crippen LogP contribution is 2.24. The molecule has 0 radical (unpaired) electrons. The highest BCUT2D eigenvalue weighted by Gasteiger charge is 2.32. The van der Waals surface area contributed by atoms with Gasteiger partial charge in [0.25, 0.3) is 0 Å². The fourth-order valence-electron chi connectivity index (χ4n) is 3.41. The average molecular weight is 421 g/mol. The molecular weight excluding hydrogens is 392 g/mol. The van der Waals surface area contributed by atoms with Gasteiger partial charge in [0.05, 0.1) is 24.6 Å². The third-order valence-corrected chi connectivity index (χ3v) is 7.19. The van der Waals surface area contributed by atoms with Crippen LogP contribution >= 0.6 is 0 Å². The lowest BCUT2D eigenvalue weighted by molar-refractivity contribution is -0.116. The maximum Gasteiger partial charge on any atom is 0.246 e. The highest BCUT2D eigenvalue weighted by atomic mass is 32.2. The molecule has 3 rings (SSSR count). The number of hydrogen-bond donors (Lipinski definition) is 1. The maximum absolute atomic E-state index is 13.0. The normalized spacial score (nSPS) is 15.6. The van der Waals surface area contributed by atoms with Crippen molar-refractivity contribution in [3.05, 3.63) is 41.2 Å². The number of carbonyl (C=O) groups is 1.